The fourth-order valence-corrected chi connectivity index (χ4v) is 20.4. The third-order valence-corrected chi connectivity index (χ3v) is 19.5. The molecule has 0 aliphatic carbocycles. The molecule has 0 radical (unpaired) electrons. The van der Waals surface area contributed by atoms with Crippen LogP contribution >= 0.6 is 43.4 Å². The van der Waals surface area contributed by atoms with Gasteiger partial charge in [-0.1, -0.05) is 12.8 Å². The van der Waals surface area contributed by atoms with Crippen molar-refractivity contribution in [3.05, 3.63) is 0 Å². The number of hydrogen-bond acceptors (Lipinski definition) is 7. The molecular weight excluding hydrogens is 430 g/mol. The molecule has 12 heteroatoms. The van der Waals surface area contributed by atoms with Gasteiger partial charge in [-0.3, -0.25) is 0 Å². The van der Waals surface area contributed by atoms with Crippen LogP contribution in [0.3, 0.4) is 0 Å². The SMILES string of the molecule is Cl[P@]1(N2CCCCC2)=NP(N2CC2)(N2CC2)=N[P@@](Cl)(N2CCCCC2)=N1. The van der Waals surface area contributed by atoms with Gasteiger partial charge in [-0.15, -0.1) is 0 Å². The number of halogens is 2. The van der Waals surface area contributed by atoms with E-state index in [1.165, 1.54) is 38.5 Å². The lowest BCUT2D eigenvalue weighted by atomic mass is 10.2. The van der Waals surface area contributed by atoms with Crippen molar-refractivity contribution in [3.63, 3.8) is 0 Å². The largest absolute Gasteiger partial charge is 0.240 e. The zero-order valence-electron chi connectivity index (χ0n) is 15.1. The lowest BCUT2D eigenvalue weighted by molar-refractivity contribution is 0.365. The summed E-state index contributed by atoms with van der Waals surface area (Å²) in [6.07, 6.45) is 7.31. The van der Waals surface area contributed by atoms with Gasteiger partial charge in [0.05, 0.1) is 0 Å². The molecule has 0 amide bonds. The summed E-state index contributed by atoms with van der Waals surface area (Å²) in [7, 11) is -2.11. The van der Waals surface area contributed by atoms with Crippen LogP contribution < -0.4 is 0 Å². The molecule has 5 heterocycles. The average molecular weight is 458 g/mol. The van der Waals surface area contributed by atoms with Gasteiger partial charge >= 0.3 is 0 Å². The van der Waals surface area contributed by atoms with Crippen molar-refractivity contribution in [1.82, 2.24) is 18.7 Å². The molecular formula is C14H28Cl2N7P3. The average Bonchev–Trinajstić information content (AvgIpc) is 3.55. The smallest absolute Gasteiger partial charge is 0.239 e. The summed E-state index contributed by atoms with van der Waals surface area (Å²) < 4.78 is 25.4. The maximum absolute atomic E-state index is 7.32. The van der Waals surface area contributed by atoms with Crippen molar-refractivity contribution >= 4 is 43.4 Å². The molecule has 7 nitrogen and oxygen atoms in total. The summed E-state index contributed by atoms with van der Waals surface area (Å²) in [5, 5.41) is 0. The fraction of sp³-hybridized carbons (Fsp3) is 1.00. The highest BCUT2D eigenvalue weighted by Crippen LogP contribution is 2.86. The van der Waals surface area contributed by atoms with Gasteiger partial charge in [0.15, 0.2) is 0 Å². The van der Waals surface area contributed by atoms with Gasteiger partial charge in [0, 0.05) is 52.4 Å². The van der Waals surface area contributed by atoms with Crippen molar-refractivity contribution in [1.29, 1.82) is 0 Å². The molecule has 0 aromatic rings. The van der Waals surface area contributed by atoms with E-state index in [1.807, 2.05) is 0 Å². The van der Waals surface area contributed by atoms with Crippen LogP contribution in [0.5, 0.6) is 0 Å². The number of piperidine rings is 2. The maximum atomic E-state index is 7.32. The van der Waals surface area contributed by atoms with Crippen molar-refractivity contribution in [2.45, 2.75) is 38.5 Å². The van der Waals surface area contributed by atoms with Gasteiger partial charge in [-0.2, -0.15) is 13.5 Å². The van der Waals surface area contributed by atoms with Crippen LogP contribution in [0.4, 0.5) is 0 Å². The van der Waals surface area contributed by atoms with E-state index in [4.69, 9.17) is 36.0 Å². The van der Waals surface area contributed by atoms with E-state index in [0.717, 1.165) is 52.4 Å². The second-order valence-electron chi connectivity index (χ2n) is 7.73. The Labute approximate surface area is 166 Å². The summed E-state index contributed by atoms with van der Waals surface area (Å²) in [4.78, 5) is 0. The van der Waals surface area contributed by atoms with Crippen LogP contribution in [0.25, 0.3) is 0 Å². The molecule has 0 bridgehead atoms. The lowest BCUT2D eigenvalue weighted by Crippen LogP contribution is -2.28. The molecule has 5 aliphatic heterocycles. The fourth-order valence-electron chi connectivity index (χ4n) is 4.02. The molecule has 26 heavy (non-hydrogen) atoms. The van der Waals surface area contributed by atoms with Gasteiger partial charge < -0.3 is 0 Å². The van der Waals surface area contributed by atoms with Crippen LogP contribution in [0.1, 0.15) is 38.5 Å². The quantitative estimate of drug-likeness (QED) is 0.388. The molecule has 0 spiro atoms. The third kappa shape index (κ3) is 3.44. The highest BCUT2D eigenvalue weighted by Gasteiger charge is 2.52. The Morgan fingerprint density at radius 1 is 0.462 bits per heavy atom. The Balaban J connectivity index is 1.65. The highest BCUT2D eigenvalue weighted by atomic mass is 35.7. The first-order valence-electron chi connectivity index (χ1n) is 9.87. The van der Waals surface area contributed by atoms with E-state index >= 15 is 0 Å². The van der Waals surface area contributed by atoms with Crippen molar-refractivity contribution in [2.24, 2.45) is 13.5 Å². The topological polar surface area (TPSA) is 49.6 Å². The minimum Gasteiger partial charge on any atom is -0.240 e. The molecule has 0 saturated carbocycles. The molecule has 4 saturated heterocycles. The van der Waals surface area contributed by atoms with Crippen molar-refractivity contribution in [2.75, 3.05) is 52.4 Å². The molecule has 2 atom stereocenters. The van der Waals surface area contributed by atoms with Crippen LogP contribution in [0, 0.1) is 0 Å². The Hall–Kier alpha value is 1.11. The van der Waals surface area contributed by atoms with E-state index < -0.39 is 20.9 Å². The van der Waals surface area contributed by atoms with Gasteiger partial charge in [-0.25, -0.2) is 18.7 Å². The number of hydrogen-bond donors (Lipinski definition) is 0. The van der Waals surface area contributed by atoms with Gasteiger partial charge in [0.2, 0.25) is 20.9 Å². The Morgan fingerprint density at radius 3 is 1.31 bits per heavy atom. The van der Waals surface area contributed by atoms with Crippen LogP contribution in [0.2, 0.25) is 0 Å². The third-order valence-electron chi connectivity index (χ3n) is 5.69. The minimum atomic E-state index is -2.47. The zero-order valence-corrected chi connectivity index (χ0v) is 19.3. The van der Waals surface area contributed by atoms with Gasteiger partial charge in [-0.05, 0) is 48.2 Å². The molecule has 5 rings (SSSR count). The van der Waals surface area contributed by atoms with Crippen molar-refractivity contribution in [3.8, 4) is 0 Å². The highest BCUT2D eigenvalue weighted by molar-refractivity contribution is 8.02. The van der Waals surface area contributed by atoms with Gasteiger partial charge in [0.1, 0.15) is 0 Å². The maximum Gasteiger partial charge on any atom is 0.239 e. The Kier molecular flexibility index (Phi) is 5.22. The first-order valence-corrected chi connectivity index (χ1v) is 16.6. The molecule has 5 aliphatic rings. The number of nitrogens with zero attached hydrogens (tertiary/aromatic N) is 7. The monoisotopic (exact) mass is 457 g/mol. The minimum absolute atomic E-state index is 1.00. The summed E-state index contributed by atoms with van der Waals surface area (Å²) in [5.74, 6) is 0. The Morgan fingerprint density at radius 2 is 0.885 bits per heavy atom. The van der Waals surface area contributed by atoms with E-state index in [0.29, 0.717) is 0 Å². The first kappa shape index (κ1) is 19.1. The van der Waals surface area contributed by atoms with Crippen molar-refractivity contribution < 1.29 is 0 Å². The zero-order chi connectivity index (χ0) is 17.8. The van der Waals surface area contributed by atoms with E-state index in [1.54, 1.807) is 0 Å². The second kappa shape index (κ2) is 7.11. The number of rotatable bonds is 4. The van der Waals surface area contributed by atoms with E-state index in [9.17, 15) is 0 Å². The summed E-state index contributed by atoms with van der Waals surface area (Å²) in [6, 6.07) is 0. The molecule has 0 unspecified atom stereocenters. The second-order valence-corrected chi connectivity index (χ2v) is 17.9. The van der Waals surface area contributed by atoms with E-state index in [-0.39, 0.29) is 0 Å². The van der Waals surface area contributed by atoms with Crippen LogP contribution in [-0.4, -0.2) is 71.0 Å². The first-order chi connectivity index (χ1) is 12.5. The standard InChI is InChI=1S/C14H28Cl2N7P3/c15-24(20-7-3-1-4-8-20)17-25(16,21-9-5-2-6-10-21)19-26(18-24,22-11-12-22)23-13-14-23/h1-14H2/t24-,25+. The molecule has 0 aromatic carbocycles. The summed E-state index contributed by atoms with van der Waals surface area (Å²) in [6.45, 7) is 3.36. The summed E-state index contributed by atoms with van der Waals surface area (Å²) >= 11 is 14.6. The van der Waals surface area contributed by atoms with Crippen LogP contribution in [0.15, 0.2) is 13.5 Å². The molecule has 0 N–H and O–H groups in total. The van der Waals surface area contributed by atoms with Crippen LogP contribution in [-0.2, 0) is 0 Å². The summed E-state index contributed by atoms with van der Waals surface area (Å²) in [5.41, 5.74) is 0. The molecule has 4 fully saturated rings. The lowest BCUT2D eigenvalue weighted by Gasteiger charge is -2.41. The normalized spacial score (nSPS) is 41.8. The van der Waals surface area contributed by atoms with Gasteiger partial charge in [0.25, 0.3) is 0 Å². The Bertz CT molecular complexity index is 697. The predicted octanol–water partition coefficient (Wildman–Crippen LogP) is 5.92. The molecule has 148 valence electrons. The predicted molar refractivity (Wildman–Crippen MR) is 114 cm³/mol. The van der Waals surface area contributed by atoms with E-state index in [2.05, 4.69) is 18.7 Å². The molecule has 0 aromatic heterocycles.